The summed E-state index contributed by atoms with van der Waals surface area (Å²) in [6.45, 7) is 1.69. The molecule has 4 nitrogen and oxygen atoms in total. The van der Waals surface area contributed by atoms with Crippen molar-refractivity contribution in [2.45, 2.75) is 12.8 Å². The Morgan fingerprint density at radius 1 is 1.39 bits per heavy atom. The fourth-order valence-electron chi connectivity index (χ4n) is 1.90. The number of halogens is 1. The van der Waals surface area contributed by atoms with Gasteiger partial charge in [0.15, 0.2) is 6.61 Å². The Bertz CT molecular complexity index is 456. The number of carbonyl (C=O) groups is 2. The van der Waals surface area contributed by atoms with Crippen LogP contribution in [0, 0.1) is 0 Å². The first-order valence-electron chi connectivity index (χ1n) is 5.86. The van der Waals surface area contributed by atoms with E-state index in [0.29, 0.717) is 15.8 Å². The number of carbonyl (C=O) groups excluding carboxylic acids is 2. The summed E-state index contributed by atoms with van der Waals surface area (Å²) in [4.78, 5) is 24.2. The fraction of sp³-hybridized carbons (Fsp3) is 0.385. The van der Waals surface area contributed by atoms with Gasteiger partial charge < -0.3 is 9.64 Å². The van der Waals surface area contributed by atoms with Crippen molar-refractivity contribution >= 4 is 28.1 Å². The van der Waals surface area contributed by atoms with Crippen LogP contribution in [0.1, 0.15) is 23.2 Å². The molecule has 2 rings (SSSR count). The molecule has 0 bridgehead atoms. The standard InChI is InChI=1S/C13H14BrNO3/c14-11-7-10(8-16)3-4-12(11)18-9-13(17)15-5-1-2-6-15/h3-4,7-8H,1-2,5-6,9H2. The van der Waals surface area contributed by atoms with E-state index >= 15 is 0 Å². The van der Waals surface area contributed by atoms with Crippen molar-refractivity contribution in [2.24, 2.45) is 0 Å². The van der Waals surface area contributed by atoms with Gasteiger partial charge in [-0.3, -0.25) is 9.59 Å². The lowest BCUT2D eigenvalue weighted by atomic mass is 10.2. The van der Waals surface area contributed by atoms with Crippen molar-refractivity contribution in [3.8, 4) is 5.75 Å². The number of rotatable bonds is 4. The molecule has 1 amide bonds. The molecular weight excluding hydrogens is 298 g/mol. The topological polar surface area (TPSA) is 46.6 Å². The van der Waals surface area contributed by atoms with E-state index in [9.17, 15) is 9.59 Å². The molecule has 0 aliphatic carbocycles. The number of ether oxygens (including phenoxy) is 1. The summed E-state index contributed by atoms with van der Waals surface area (Å²) in [6.07, 6.45) is 2.91. The molecule has 1 fully saturated rings. The molecule has 0 radical (unpaired) electrons. The van der Waals surface area contributed by atoms with Crippen molar-refractivity contribution < 1.29 is 14.3 Å². The van der Waals surface area contributed by atoms with E-state index in [4.69, 9.17) is 4.74 Å². The number of hydrogen-bond acceptors (Lipinski definition) is 3. The predicted octanol–water partition coefficient (Wildman–Crippen LogP) is 2.26. The van der Waals surface area contributed by atoms with E-state index < -0.39 is 0 Å². The average molecular weight is 312 g/mol. The number of likely N-dealkylation sites (tertiary alicyclic amines) is 1. The number of amides is 1. The molecule has 1 aromatic rings. The molecule has 1 aliphatic rings. The Morgan fingerprint density at radius 2 is 2.11 bits per heavy atom. The maximum atomic E-state index is 11.8. The monoisotopic (exact) mass is 311 g/mol. The Labute approximate surface area is 114 Å². The van der Waals surface area contributed by atoms with Gasteiger partial charge in [0.05, 0.1) is 4.47 Å². The zero-order valence-corrected chi connectivity index (χ0v) is 11.5. The Hall–Kier alpha value is -1.36. The zero-order chi connectivity index (χ0) is 13.0. The van der Waals surface area contributed by atoms with Gasteiger partial charge in [0.2, 0.25) is 0 Å². The molecule has 0 N–H and O–H groups in total. The van der Waals surface area contributed by atoms with Crippen molar-refractivity contribution in [2.75, 3.05) is 19.7 Å². The summed E-state index contributed by atoms with van der Waals surface area (Å²) in [5.74, 6) is 0.590. The van der Waals surface area contributed by atoms with Crippen LogP contribution in [-0.4, -0.2) is 36.8 Å². The first kappa shape index (κ1) is 13.1. The minimum Gasteiger partial charge on any atom is -0.483 e. The molecule has 5 heteroatoms. The third-order valence-electron chi connectivity index (χ3n) is 2.90. The van der Waals surface area contributed by atoms with Crippen molar-refractivity contribution in [1.82, 2.24) is 4.90 Å². The van der Waals surface area contributed by atoms with Gasteiger partial charge in [0.1, 0.15) is 12.0 Å². The number of hydrogen-bond donors (Lipinski definition) is 0. The molecule has 1 aromatic carbocycles. The number of nitrogens with zero attached hydrogens (tertiary/aromatic N) is 1. The van der Waals surface area contributed by atoms with Crippen LogP contribution in [0.5, 0.6) is 5.75 Å². The summed E-state index contributed by atoms with van der Waals surface area (Å²) in [7, 11) is 0. The molecule has 0 saturated carbocycles. The summed E-state index contributed by atoms with van der Waals surface area (Å²) in [5, 5.41) is 0. The highest BCUT2D eigenvalue weighted by molar-refractivity contribution is 9.10. The largest absolute Gasteiger partial charge is 0.483 e. The van der Waals surface area contributed by atoms with Gasteiger partial charge in [-0.05, 0) is 47.0 Å². The van der Waals surface area contributed by atoms with Crippen LogP contribution < -0.4 is 4.74 Å². The summed E-state index contributed by atoms with van der Waals surface area (Å²) >= 11 is 3.31. The highest BCUT2D eigenvalue weighted by Crippen LogP contribution is 2.25. The maximum absolute atomic E-state index is 11.8. The van der Waals surface area contributed by atoms with Crippen molar-refractivity contribution in [3.05, 3.63) is 28.2 Å². The van der Waals surface area contributed by atoms with Crippen molar-refractivity contribution in [3.63, 3.8) is 0 Å². The average Bonchev–Trinajstić information content (AvgIpc) is 2.90. The summed E-state index contributed by atoms with van der Waals surface area (Å²) < 4.78 is 6.14. The molecule has 96 valence electrons. The van der Waals surface area contributed by atoms with E-state index in [-0.39, 0.29) is 12.5 Å². The predicted molar refractivity (Wildman–Crippen MR) is 70.8 cm³/mol. The Balaban J connectivity index is 1.93. The number of benzene rings is 1. The highest BCUT2D eigenvalue weighted by atomic mass is 79.9. The molecule has 18 heavy (non-hydrogen) atoms. The van der Waals surface area contributed by atoms with E-state index in [0.717, 1.165) is 32.2 Å². The van der Waals surface area contributed by atoms with Crippen LogP contribution in [0.2, 0.25) is 0 Å². The van der Waals surface area contributed by atoms with Crippen LogP contribution in [0.25, 0.3) is 0 Å². The van der Waals surface area contributed by atoms with Gasteiger partial charge in [-0.1, -0.05) is 0 Å². The molecule has 0 unspecified atom stereocenters. The molecule has 0 spiro atoms. The zero-order valence-electron chi connectivity index (χ0n) is 9.89. The van der Waals surface area contributed by atoms with Gasteiger partial charge in [0, 0.05) is 18.7 Å². The SMILES string of the molecule is O=Cc1ccc(OCC(=O)N2CCCC2)c(Br)c1. The number of aldehydes is 1. The summed E-state index contributed by atoms with van der Waals surface area (Å²) in [6, 6.07) is 5.02. The van der Waals surface area contributed by atoms with Crippen LogP contribution in [0.3, 0.4) is 0 Å². The lowest BCUT2D eigenvalue weighted by Gasteiger charge is -2.16. The van der Waals surface area contributed by atoms with Crippen LogP contribution >= 0.6 is 15.9 Å². The molecule has 0 atom stereocenters. The second-order valence-electron chi connectivity index (χ2n) is 4.18. The van der Waals surface area contributed by atoms with Gasteiger partial charge in [0.25, 0.3) is 5.91 Å². The third-order valence-corrected chi connectivity index (χ3v) is 3.52. The van der Waals surface area contributed by atoms with E-state index in [1.807, 2.05) is 4.90 Å². The molecular formula is C13H14BrNO3. The lowest BCUT2D eigenvalue weighted by Crippen LogP contribution is -2.32. The minimum atomic E-state index is 0.0128. The first-order valence-corrected chi connectivity index (χ1v) is 6.65. The third kappa shape index (κ3) is 3.10. The second kappa shape index (κ2) is 6.00. The first-order chi connectivity index (χ1) is 8.70. The Kier molecular flexibility index (Phi) is 4.36. The van der Waals surface area contributed by atoms with Gasteiger partial charge in [-0.2, -0.15) is 0 Å². The second-order valence-corrected chi connectivity index (χ2v) is 5.04. The van der Waals surface area contributed by atoms with Gasteiger partial charge in [-0.25, -0.2) is 0 Å². The van der Waals surface area contributed by atoms with E-state index in [1.165, 1.54) is 0 Å². The minimum absolute atomic E-state index is 0.0128. The quantitative estimate of drug-likeness (QED) is 0.801. The maximum Gasteiger partial charge on any atom is 0.260 e. The van der Waals surface area contributed by atoms with Gasteiger partial charge >= 0.3 is 0 Å². The van der Waals surface area contributed by atoms with E-state index in [1.54, 1.807) is 18.2 Å². The van der Waals surface area contributed by atoms with Crippen molar-refractivity contribution in [1.29, 1.82) is 0 Å². The van der Waals surface area contributed by atoms with Gasteiger partial charge in [-0.15, -0.1) is 0 Å². The normalized spacial score (nSPS) is 14.6. The van der Waals surface area contributed by atoms with Crippen LogP contribution in [-0.2, 0) is 4.79 Å². The smallest absolute Gasteiger partial charge is 0.260 e. The molecule has 0 aromatic heterocycles. The fourth-order valence-corrected chi connectivity index (χ4v) is 2.42. The summed E-state index contributed by atoms with van der Waals surface area (Å²) in [5.41, 5.74) is 0.570. The lowest BCUT2D eigenvalue weighted by molar-refractivity contribution is -0.132. The highest BCUT2D eigenvalue weighted by Gasteiger charge is 2.18. The van der Waals surface area contributed by atoms with Crippen LogP contribution in [0.4, 0.5) is 0 Å². The Morgan fingerprint density at radius 3 is 2.72 bits per heavy atom. The molecule has 1 saturated heterocycles. The van der Waals surface area contributed by atoms with E-state index in [2.05, 4.69) is 15.9 Å². The molecule has 1 aliphatic heterocycles. The molecule has 1 heterocycles. The van der Waals surface area contributed by atoms with Crippen LogP contribution in [0.15, 0.2) is 22.7 Å².